The summed E-state index contributed by atoms with van der Waals surface area (Å²) in [6, 6.07) is 6.24. The number of hydrogen-bond donors (Lipinski definition) is 1. The summed E-state index contributed by atoms with van der Waals surface area (Å²) in [5.41, 5.74) is 1.62. The molecule has 0 radical (unpaired) electrons. The van der Waals surface area contributed by atoms with Crippen LogP contribution in [0.5, 0.6) is 5.75 Å². The van der Waals surface area contributed by atoms with E-state index in [1.165, 1.54) is 4.90 Å². The number of nitrogens with one attached hydrogen (secondary N) is 1. The number of benzene rings is 1. The Hall–Kier alpha value is -3.03. The fourth-order valence-corrected chi connectivity index (χ4v) is 4.14. The smallest absolute Gasteiger partial charge is 0.338 e. The monoisotopic (exact) mass is 413 g/mol. The van der Waals surface area contributed by atoms with Gasteiger partial charge in [0.1, 0.15) is 18.9 Å². The van der Waals surface area contributed by atoms with Crippen LogP contribution in [0, 0.1) is 5.92 Å². The fraction of sp³-hybridized carbons (Fsp3) is 0.500. The molecule has 0 saturated carbocycles. The second-order valence-electron chi connectivity index (χ2n) is 7.97. The number of piperidine rings is 1. The minimum absolute atomic E-state index is 0.000565. The highest BCUT2D eigenvalue weighted by Gasteiger charge is 2.43. The van der Waals surface area contributed by atoms with E-state index >= 15 is 0 Å². The first-order valence-electron chi connectivity index (χ1n) is 10.5. The van der Waals surface area contributed by atoms with Gasteiger partial charge >= 0.3 is 12.0 Å². The van der Waals surface area contributed by atoms with Gasteiger partial charge in [0.15, 0.2) is 0 Å². The second-order valence-corrected chi connectivity index (χ2v) is 7.97. The molecule has 3 heterocycles. The largest absolute Gasteiger partial charge is 0.494 e. The van der Waals surface area contributed by atoms with Crippen LogP contribution in [0.4, 0.5) is 4.79 Å². The summed E-state index contributed by atoms with van der Waals surface area (Å²) in [6.07, 6.45) is 1.93. The molecule has 8 heteroatoms. The number of carbonyl (C=O) groups excluding carboxylic acids is 3. The Morgan fingerprint density at radius 3 is 2.57 bits per heavy atom. The van der Waals surface area contributed by atoms with E-state index in [0.717, 1.165) is 24.2 Å². The third-order valence-corrected chi connectivity index (χ3v) is 5.95. The number of urea groups is 1. The van der Waals surface area contributed by atoms with E-state index in [4.69, 9.17) is 9.47 Å². The highest BCUT2D eigenvalue weighted by Crippen LogP contribution is 2.35. The standard InChI is InChI=1S/C22H27N3O5/c1-3-29-16-6-4-15(5-7-16)20-19-17(13-30-21(19)27)25(22(28)23-20)12-18(26)24-10-8-14(2)9-11-24/h4-7,14,20H,3,8-13H2,1-2H3,(H,23,28)/t20-/m0/s1. The Kier molecular flexibility index (Phi) is 5.65. The zero-order chi connectivity index (χ0) is 21.3. The lowest BCUT2D eigenvalue weighted by Crippen LogP contribution is -2.51. The van der Waals surface area contributed by atoms with Crippen molar-refractivity contribution in [2.24, 2.45) is 5.92 Å². The average Bonchev–Trinajstić information content (AvgIpc) is 3.13. The molecular formula is C22H27N3O5. The molecule has 8 nitrogen and oxygen atoms in total. The molecule has 160 valence electrons. The highest BCUT2D eigenvalue weighted by atomic mass is 16.5. The first-order chi connectivity index (χ1) is 14.5. The van der Waals surface area contributed by atoms with Gasteiger partial charge in [0.05, 0.1) is 23.9 Å². The van der Waals surface area contributed by atoms with Crippen LogP contribution in [-0.4, -0.2) is 60.6 Å². The summed E-state index contributed by atoms with van der Waals surface area (Å²) in [7, 11) is 0. The van der Waals surface area contributed by atoms with Gasteiger partial charge in [-0.05, 0) is 43.4 Å². The zero-order valence-electron chi connectivity index (χ0n) is 17.3. The van der Waals surface area contributed by atoms with Crippen molar-refractivity contribution in [3.05, 3.63) is 41.1 Å². The molecule has 4 rings (SSSR count). The molecule has 1 N–H and O–H groups in total. The van der Waals surface area contributed by atoms with E-state index in [1.54, 1.807) is 17.0 Å². The van der Waals surface area contributed by atoms with Crippen LogP contribution in [-0.2, 0) is 14.3 Å². The third-order valence-electron chi connectivity index (χ3n) is 5.95. The maximum Gasteiger partial charge on any atom is 0.338 e. The van der Waals surface area contributed by atoms with E-state index in [1.807, 2.05) is 19.1 Å². The molecule has 0 aromatic heterocycles. The zero-order valence-corrected chi connectivity index (χ0v) is 17.3. The van der Waals surface area contributed by atoms with Crippen molar-refractivity contribution in [1.29, 1.82) is 0 Å². The number of hydrogen-bond acceptors (Lipinski definition) is 5. The molecule has 0 spiro atoms. The van der Waals surface area contributed by atoms with Gasteiger partial charge in [0.2, 0.25) is 5.91 Å². The summed E-state index contributed by atoms with van der Waals surface area (Å²) in [6.45, 7) is 5.95. The number of cyclic esters (lactones) is 1. The summed E-state index contributed by atoms with van der Waals surface area (Å²) in [5.74, 6) is 0.753. The van der Waals surface area contributed by atoms with Crippen molar-refractivity contribution < 1.29 is 23.9 Å². The molecule has 1 atom stereocenters. The van der Waals surface area contributed by atoms with Gasteiger partial charge in [-0.15, -0.1) is 0 Å². The lowest BCUT2D eigenvalue weighted by molar-refractivity contribution is -0.136. The molecule has 1 aromatic carbocycles. The van der Waals surface area contributed by atoms with Gasteiger partial charge in [-0.25, -0.2) is 9.59 Å². The van der Waals surface area contributed by atoms with E-state index in [0.29, 0.717) is 36.9 Å². The predicted octanol–water partition coefficient (Wildman–Crippen LogP) is 2.22. The minimum atomic E-state index is -0.611. The SMILES string of the molecule is CCOc1ccc([C@@H]2NC(=O)N(CC(=O)N3CCC(C)CC3)C3=C2C(=O)OC3)cc1. The van der Waals surface area contributed by atoms with Crippen molar-refractivity contribution in [1.82, 2.24) is 15.1 Å². The van der Waals surface area contributed by atoms with Crippen LogP contribution in [0.25, 0.3) is 0 Å². The average molecular weight is 413 g/mol. The number of ether oxygens (including phenoxy) is 2. The van der Waals surface area contributed by atoms with Gasteiger partial charge in [-0.2, -0.15) is 0 Å². The predicted molar refractivity (Wildman–Crippen MR) is 109 cm³/mol. The Bertz CT molecular complexity index is 871. The van der Waals surface area contributed by atoms with Crippen molar-refractivity contribution in [3.63, 3.8) is 0 Å². The van der Waals surface area contributed by atoms with Gasteiger partial charge in [-0.1, -0.05) is 19.1 Å². The second kappa shape index (κ2) is 8.38. The molecule has 3 amide bonds. The number of carbonyl (C=O) groups is 3. The van der Waals surface area contributed by atoms with Gasteiger partial charge < -0.3 is 19.7 Å². The Morgan fingerprint density at radius 1 is 1.20 bits per heavy atom. The van der Waals surface area contributed by atoms with E-state index < -0.39 is 18.0 Å². The summed E-state index contributed by atoms with van der Waals surface area (Å²) >= 11 is 0. The molecule has 0 aliphatic carbocycles. The number of esters is 1. The fourth-order valence-electron chi connectivity index (χ4n) is 4.14. The van der Waals surface area contributed by atoms with Crippen LogP contribution < -0.4 is 10.1 Å². The summed E-state index contributed by atoms with van der Waals surface area (Å²) in [5, 5.41) is 2.87. The minimum Gasteiger partial charge on any atom is -0.494 e. The molecule has 3 aliphatic rings. The van der Waals surface area contributed by atoms with Crippen molar-refractivity contribution >= 4 is 17.9 Å². The summed E-state index contributed by atoms with van der Waals surface area (Å²) in [4.78, 5) is 41.3. The van der Waals surface area contributed by atoms with Gasteiger partial charge in [-0.3, -0.25) is 9.69 Å². The lowest BCUT2D eigenvalue weighted by atomic mass is 9.95. The first kappa shape index (κ1) is 20.3. The Labute approximate surface area is 175 Å². The molecule has 3 aliphatic heterocycles. The van der Waals surface area contributed by atoms with E-state index in [9.17, 15) is 14.4 Å². The maximum atomic E-state index is 12.9. The number of likely N-dealkylation sites (tertiary alicyclic amines) is 1. The first-order valence-corrected chi connectivity index (χ1v) is 10.5. The molecule has 1 saturated heterocycles. The quantitative estimate of drug-likeness (QED) is 0.748. The van der Waals surface area contributed by atoms with Crippen molar-refractivity contribution in [3.8, 4) is 5.75 Å². The normalized spacial score (nSPS) is 22.0. The summed E-state index contributed by atoms with van der Waals surface area (Å²) < 4.78 is 10.7. The van der Waals surface area contributed by atoms with Crippen LogP contribution in [0.15, 0.2) is 35.5 Å². The molecule has 0 bridgehead atoms. The van der Waals surface area contributed by atoms with Gasteiger partial charge in [0.25, 0.3) is 0 Å². The molecular weight excluding hydrogens is 386 g/mol. The van der Waals surface area contributed by atoms with E-state index in [2.05, 4.69) is 12.2 Å². The van der Waals surface area contributed by atoms with Crippen molar-refractivity contribution in [2.45, 2.75) is 32.7 Å². The van der Waals surface area contributed by atoms with Crippen LogP contribution in [0.2, 0.25) is 0 Å². The topological polar surface area (TPSA) is 88.2 Å². The maximum absolute atomic E-state index is 12.9. The highest BCUT2D eigenvalue weighted by molar-refractivity contribution is 5.98. The Balaban J connectivity index is 1.56. The van der Waals surface area contributed by atoms with Gasteiger partial charge in [0, 0.05) is 13.1 Å². The molecule has 1 fully saturated rings. The van der Waals surface area contributed by atoms with E-state index in [-0.39, 0.29) is 19.1 Å². The molecule has 0 unspecified atom stereocenters. The number of nitrogens with zero attached hydrogens (tertiary/aromatic N) is 2. The third kappa shape index (κ3) is 3.86. The lowest BCUT2D eigenvalue weighted by Gasteiger charge is -2.35. The number of amides is 3. The van der Waals surface area contributed by atoms with Crippen LogP contribution >= 0.6 is 0 Å². The Morgan fingerprint density at radius 2 is 1.90 bits per heavy atom. The van der Waals surface area contributed by atoms with Crippen LogP contribution in [0.3, 0.4) is 0 Å². The molecule has 30 heavy (non-hydrogen) atoms. The number of rotatable bonds is 5. The van der Waals surface area contributed by atoms with Crippen LogP contribution in [0.1, 0.15) is 38.3 Å². The van der Waals surface area contributed by atoms with Crippen molar-refractivity contribution in [2.75, 3.05) is 32.8 Å². The molecule has 1 aromatic rings.